The average Bonchev–Trinajstić information content (AvgIpc) is 3.23. The van der Waals surface area contributed by atoms with Gasteiger partial charge in [0, 0.05) is 13.1 Å². The number of nitrogens with two attached hydrogens (primary N) is 1. The van der Waals surface area contributed by atoms with E-state index in [1.807, 2.05) is 40.8 Å². The maximum atomic E-state index is 12.8. The number of rotatable bonds is 8. The van der Waals surface area contributed by atoms with Crippen molar-refractivity contribution in [3.05, 3.63) is 58.9 Å². The first-order chi connectivity index (χ1) is 15.8. The molecule has 1 aliphatic rings. The Morgan fingerprint density at radius 2 is 1.91 bits per heavy atom. The highest BCUT2D eigenvalue weighted by Gasteiger charge is 2.30. The second-order valence-corrected chi connectivity index (χ2v) is 9.01. The number of carbonyl (C=O) groups is 1. The third kappa shape index (κ3) is 5.85. The molecule has 1 fully saturated rings. The molecule has 3 aromatic rings. The van der Waals surface area contributed by atoms with E-state index in [9.17, 15) is 4.79 Å². The lowest BCUT2D eigenvalue weighted by atomic mass is 10.1. The molecule has 0 spiro atoms. The molecule has 1 aliphatic heterocycles. The normalized spacial score (nSPS) is 15.1. The number of carbonyl (C=O) groups excluding carboxylic acids is 1. The number of aromatic nitrogens is 3. The minimum absolute atomic E-state index is 0. The van der Waals surface area contributed by atoms with Crippen LogP contribution in [0.1, 0.15) is 38.7 Å². The van der Waals surface area contributed by atoms with Crippen molar-refractivity contribution in [2.24, 2.45) is 5.73 Å². The summed E-state index contributed by atoms with van der Waals surface area (Å²) in [6.07, 6.45) is 0. The summed E-state index contributed by atoms with van der Waals surface area (Å²) >= 11 is 6.64. The standard InChI is InChI=1S/C23H29ClN6O3.CH4/c1-23(2,25)22(31)26-18(15-33-14-16-6-4-3-5-7-16)20-28-27-19-9-8-17(24)21(30(19)20)29-10-12-32-13-11-29;/h3-9,18H,10-15,25H2,1-2H3,(H,26,31);1H4/t18-;/m1./s1. The van der Waals surface area contributed by atoms with Crippen LogP contribution in [0.15, 0.2) is 42.5 Å². The molecule has 2 aromatic heterocycles. The van der Waals surface area contributed by atoms with Crippen LogP contribution in [0.5, 0.6) is 0 Å². The van der Waals surface area contributed by atoms with Gasteiger partial charge in [-0.25, -0.2) is 0 Å². The Balaban J connectivity index is 0.00000324. The number of nitrogens with one attached hydrogen (secondary N) is 1. The van der Waals surface area contributed by atoms with E-state index in [4.69, 9.17) is 26.8 Å². The molecule has 0 radical (unpaired) electrons. The van der Waals surface area contributed by atoms with Crippen molar-refractivity contribution in [2.75, 3.05) is 37.8 Å². The van der Waals surface area contributed by atoms with E-state index in [0.717, 1.165) is 11.4 Å². The fourth-order valence-electron chi connectivity index (χ4n) is 3.65. The molecule has 4 rings (SSSR count). The molecule has 0 unspecified atom stereocenters. The van der Waals surface area contributed by atoms with Gasteiger partial charge in [-0.05, 0) is 31.5 Å². The number of fused-ring (bicyclic) bond motifs is 1. The van der Waals surface area contributed by atoms with Crippen molar-refractivity contribution < 1.29 is 14.3 Å². The monoisotopic (exact) mass is 488 g/mol. The Kier molecular flexibility index (Phi) is 8.48. The molecule has 1 aromatic carbocycles. The molecule has 10 heteroatoms. The number of hydrogen-bond donors (Lipinski definition) is 2. The minimum atomic E-state index is -1.07. The summed E-state index contributed by atoms with van der Waals surface area (Å²) in [5, 5.41) is 12.3. The lowest BCUT2D eigenvalue weighted by Gasteiger charge is -2.31. The first-order valence-electron chi connectivity index (χ1n) is 10.9. The molecule has 9 nitrogen and oxygen atoms in total. The van der Waals surface area contributed by atoms with E-state index in [1.54, 1.807) is 19.9 Å². The summed E-state index contributed by atoms with van der Waals surface area (Å²) in [6, 6.07) is 12.9. The molecule has 1 atom stereocenters. The van der Waals surface area contributed by atoms with Crippen molar-refractivity contribution >= 4 is 29.0 Å². The van der Waals surface area contributed by atoms with Gasteiger partial charge < -0.3 is 25.4 Å². The number of morpholine rings is 1. The molecule has 1 amide bonds. The highest BCUT2D eigenvalue weighted by Crippen LogP contribution is 2.30. The Bertz CT molecular complexity index is 1090. The van der Waals surface area contributed by atoms with Gasteiger partial charge in [0.2, 0.25) is 5.91 Å². The van der Waals surface area contributed by atoms with Crippen molar-refractivity contribution in [3.8, 4) is 0 Å². The van der Waals surface area contributed by atoms with Crippen LogP contribution in [-0.4, -0.2) is 59.0 Å². The van der Waals surface area contributed by atoms with Gasteiger partial charge in [0.15, 0.2) is 11.5 Å². The molecular formula is C24H33ClN6O3. The first kappa shape index (κ1) is 25.9. The predicted octanol–water partition coefficient (Wildman–Crippen LogP) is 2.97. The topological polar surface area (TPSA) is 107 Å². The quantitative estimate of drug-likeness (QED) is 0.502. The zero-order valence-corrected chi connectivity index (χ0v) is 19.6. The predicted molar refractivity (Wildman–Crippen MR) is 133 cm³/mol. The van der Waals surface area contributed by atoms with Gasteiger partial charge in [-0.2, -0.15) is 0 Å². The first-order valence-corrected chi connectivity index (χ1v) is 11.3. The van der Waals surface area contributed by atoms with Gasteiger partial charge >= 0.3 is 0 Å². The zero-order chi connectivity index (χ0) is 23.4. The van der Waals surface area contributed by atoms with E-state index in [1.165, 1.54) is 0 Å². The van der Waals surface area contributed by atoms with E-state index >= 15 is 0 Å². The molecule has 34 heavy (non-hydrogen) atoms. The summed E-state index contributed by atoms with van der Waals surface area (Å²) in [5.41, 5.74) is 6.64. The molecule has 0 aliphatic carbocycles. The van der Waals surface area contributed by atoms with Crippen LogP contribution < -0.4 is 16.0 Å². The minimum Gasteiger partial charge on any atom is -0.378 e. The van der Waals surface area contributed by atoms with E-state index in [-0.39, 0.29) is 19.9 Å². The molecular weight excluding hydrogens is 456 g/mol. The van der Waals surface area contributed by atoms with Crippen molar-refractivity contribution in [3.63, 3.8) is 0 Å². The van der Waals surface area contributed by atoms with Gasteiger partial charge in [-0.15, -0.1) is 10.2 Å². The van der Waals surface area contributed by atoms with Crippen LogP contribution in [-0.2, 0) is 20.9 Å². The number of nitrogens with zero attached hydrogens (tertiary/aromatic N) is 4. The van der Waals surface area contributed by atoms with Crippen LogP contribution >= 0.6 is 11.6 Å². The second kappa shape index (κ2) is 11.1. The Hall–Kier alpha value is -2.72. The van der Waals surface area contributed by atoms with E-state index in [0.29, 0.717) is 49.4 Å². The lowest BCUT2D eigenvalue weighted by Crippen LogP contribution is -2.51. The smallest absolute Gasteiger partial charge is 0.240 e. The number of amides is 1. The summed E-state index contributed by atoms with van der Waals surface area (Å²) in [5.74, 6) is 0.981. The second-order valence-electron chi connectivity index (χ2n) is 8.60. The van der Waals surface area contributed by atoms with Gasteiger partial charge in [-0.3, -0.25) is 9.20 Å². The number of ether oxygens (including phenoxy) is 2. The maximum Gasteiger partial charge on any atom is 0.240 e. The molecule has 184 valence electrons. The van der Waals surface area contributed by atoms with Crippen molar-refractivity contribution in [1.82, 2.24) is 19.9 Å². The fourth-order valence-corrected chi connectivity index (χ4v) is 3.92. The Morgan fingerprint density at radius 3 is 2.59 bits per heavy atom. The van der Waals surface area contributed by atoms with Crippen molar-refractivity contribution in [2.45, 2.75) is 39.5 Å². The van der Waals surface area contributed by atoms with Gasteiger partial charge in [0.05, 0.1) is 37.0 Å². The van der Waals surface area contributed by atoms with Crippen molar-refractivity contribution in [1.29, 1.82) is 0 Å². The zero-order valence-electron chi connectivity index (χ0n) is 18.8. The maximum absolute atomic E-state index is 12.8. The number of anilines is 1. The van der Waals surface area contributed by atoms with Crippen LogP contribution in [0.4, 0.5) is 5.82 Å². The molecule has 0 saturated carbocycles. The number of halogens is 1. The van der Waals surface area contributed by atoms with Gasteiger partial charge in [0.1, 0.15) is 11.9 Å². The van der Waals surface area contributed by atoms with E-state index in [2.05, 4.69) is 20.4 Å². The highest BCUT2D eigenvalue weighted by molar-refractivity contribution is 6.33. The molecule has 0 bridgehead atoms. The fraction of sp³-hybridized carbons (Fsp3) is 0.458. The van der Waals surface area contributed by atoms with Crippen LogP contribution in [0.2, 0.25) is 5.02 Å². The third-order valence-electron chi connectivity index (χ3n) is 5.43. The summed E-state index contributed by atoms with van der Waals surface area (Å²) in [4.78, 5) is 14.9. The van der Waals surface area contributed by atoms with Gasteiger partial charge in [-0.1, -0.05) is 49.4 Å². The molecule has 1 saturated heterocycles. The average molecular weight is 489 g/mol. The van der Waals surface area contributed by atoms with Gasteiger partial charge in [0.25, 0.3) is 0 Å². The van der Waals surface area contributed by atoms with Crippen LogP contribution in [0, 0.1) is 0 Å². The van der Waals surface area contributed by atoms with E-state index < -0.39 is 11.6 Å². The number of benzene rings is 1. The van der Waals surface area contributed by atoms with Crippen LogP contribution in [0.3, 0.4) is 0 Å². The Labute approximate surface area is 205 Å². The SMILES string of the molecule is C.CC(C)(N)C(=O)N[C@H](COCc1ccccc1)c1nnc2ccc(Cl)c(N3CCOCC3)n12. The highest BCUT2D eigenvalue weighted by atomic mass is 35.5. The summed E-state index contributed by atoms with van der Waals surface area (Å²) in [6.45, 7) is 6.48. The third-order valence-corrected chi connectivity index (χ3v) is 5.72. The number of hydrogen-bond acceptors (Lipinski definition) is 7. The summed E-state index contributed by atoms with van der Waals surface area (Å²) in [7, 11) is 0. The molecule has 3 N–H and O–H groups in total. The summed E-state index contributed by atoms with van der Waals surface area (Å²) < 4.78 is 13.4. The lowest BCUT2D eigenvalue weighted by molar-refractivity contribution is -0.126. The largest absolute Gasteiger partial charge is 0.378 e. The number of pyridine rings is 1. The molecule has 3 heterocycles. The van der Waals surface area contributed by atoms with Crippen LogP contribution in [0.25, 0.3) is 5.65 Å². The Morgan fingerprint density at radius 1 is 1.21 bits per heavy atom.